The van der Waals surface area contributed by atoms with Gasteiger partial charge in [0.15, 0.2) is 0 Å². The topological polar surface area (TPSA) is 9.23 Å². The van der Waals surface area contributed by atoms with Crippen molar-refractivity contribution in [2.75, 3.05) is 19.0 Å². The number of thiol groups is 1. The van der Waals surface area contributed by atoms with Crippen LogP contribution in [0.5, 0.6) is 0 Å². The van der Waals surface area contributed by atoms with Crippen LogP contribution in [0.25, 0.3) is 0 Å². The van der Waals surface area contributed by atoms with Crippen molar-refractivity contribution in [3.05, 3.63) is 0 Å². The fourth-order valence-electron chi connectivity index (χ4n) is 2.74. The SMILES string of the molecule is CCCCCCCCCCCCCCCCOCC(C)CS. The first-order valence-electron chi connectivity index (χ1n) is 9.99. The van der Waals surface area contributed by atoms with E-state index in [2.05, 4.69) is 26.5 Å². The Morgan fingerprint density at radius 1 is 0.682 bits per heavy atom. The van der Waals surface area contributed by atoms with Crippen LogP contribution < -0.4 is 0 Å². The third-order valence-electron chi connectivity index (χ3n) is 4.36. The molecular formula is C20H42OS. The summed E-state index contributed by atoms with van der Waals surface area (Å²) in [7, 11) is 0. The summed E-state index contributed by atoms with van der Waals surface area (Å²) in [5, 5.41) is 0. The van der Waals surface area contributed by atoms with Gasteiger partial charge < -0.3 is 4.74 Å². The van der Waals surface area contributed by atoms with E-state index in [1.165, 1.54) is 89.9 Å². The van der Waals surface area contributed by atoms with Crippen LogP contribution in [0.2, 0.25) is 0 Å². The van der Waals surface area contributed by atoms with Crippen LogP contribution in [0.15, 0.2) is 0 Å². The van der Waals surface area contributed by atoms with Gasteiger partial charge in [-0.15, -0.1) is 0 Å². The molecule has 0 fully saturated rings. The molecule has 0 saturated heterocycles. The Kier molecular flexibility index (Phi) is 19.6. The average Bonchev–Trinajstić information content (AvgIpc) is 2.54. The van der Waals surface area contributed by atoms with E-state index in [1.54, 1.807) is 0 Å². The van der Waals surface area contributed by atoms with Crippen LogP contribution in [0, 0.1) is 5.92 Å². The Morgan fingerprint density at radius 3 is 1.50 bits per heavy atom. The first kappa shape index (κ1) is 22.3. The molecule has 0 amide bonds. The van der Waals surface area contributed by atoms with E-state index in [1.807, 2.05) is 0 Å². The molecule has 0 heterocycles. The minimum atomic E-state index is 0.593. The van der Waals surface area contributed by atoms with Gasteiger partial charge in [0.1, 0.15) is 0 Å². The van der Waals surface area contributed by atoms with Crippen LogP contribution >= 0.6 is 12.6 Å². The van der Waals surface area contributed by atoms with Crippen molar-refractivity contribution in [2.45, 2.75) is 104 Å². The van der Waals surface area contributed by atoms with E-state index in [0.717, 1.165) is 19.0 Å². The van der Waals surface area contributed by atoms with Gasteiger partial charge in [0, 0.05) is 13.2 Å². The second kappa shape index (κ2) is 19.4. The normalized spacial score (nSPS) is 12.7. The van der Waals surface area contributed by atoms with Crippen LogP contribution in [0.3, 0.4) is 0 Å². The van der Waals surface area contributed by atoms with Gasteiger partial charge in [0.25, 0.3) is 0 Å². The van der Waals surface area contributed by atoms with Crippen LogP contribution in [0.4, 0.5) is 0 Å². The highest BCUT2D eigenvalue weighted by molar-refractivity contribution is 7.80. The summed E-state index contributed by atoms with van der Waals surface area (Å²) in [6.07, 6.45) is 19.8. The molecule has 0 N–H and O–H groups in total. The molecule has 1 nitrogen and oxygen atoms in total. The number of rotatable bonds is 18. The van der Waals surface area contributed by atoms with Crippen molar-refractivity contribution >= 4 is 12.6 Å². The molecular weight excluding hydrogens is 288 g/mol. The predicted octanol–water partition coefficient (Wildman–Crippen LogP) is 7.05. The quantitative estimate of drug-likeness (QED) is 0.209. The van der Waals surface area contributed by atoms with Gasteiger partial charge in [-0.1, -0.05) is 97.3 Å². The third-order valence-corrected chi connectivity index (χ3v) is 4.98. The molecule has 0 aromatic rings. The van der Waals surface area contributed by atoms with E-state index >= 15 is 0 Å². The summed E-state index contributed by atoms with van der Waals surface area (Å²) >= 11 is 4.27. The van der Waals surface area contributed by atoms with Gasteiger partial charge in [-0.3, -0.25) is 0 Å². The molecule has 0 aliphatic heterocycles. The monoisotopic (exact) mass is 330 g/mol. The first-order chi connectivity index (χ1) is 10.8. The summed E-state index contributed by atoms with van der Waals surface area (Å²) in [6, 6.07) is 0. The molecule has 22 heavy (non-hydrogen) atoms. The van der Waals surface area contributed by atoms with Crippen molar-refractivity contribution in [3.8, 4) is 0 Å². The summed E-state index contributed by atoms with van der Waals surface area (Å²) < 4.78 is 5.64. The lowest BCUT2D eigenvalue weighted by molar-refractivity contribution is 0.107. The lowest BCUT2D eigenvalue weighted by Crippen LogP contribution is -2.07. The predicted molar refractivity (Wildman–Crippen MR) is 104 cm³/mol. The lowest BCUT2D eigenvalue weighted by Gasteiger charge is -2.08. The highest BCUT2D eigenvalue weighted by Crippen LogP contribution is 2.13. The first-order valence-corrected chi connectivity index (χ1v) is 10.6. The highest BCUT2D eigenvalue weighted by atomic mass is 32.1. The molecule has 0 rings (SSSR count). The molecule has 0 radical (unpaired) electrons. The maximum absolute atomic E-state index is 5.64. The Morgan fingerprint density at radius 2 is 1.09 bits per heavy atom. The van der Waals surface area contributed by atoms with Gasteiger partial charge in [-0.2, -0.15) is 12.6 Å². The summed E-state index contributed by atoms with van der Waals surface area (Å²) in [5.74, 6) is 1.52. The fourth-order valence-corrected chi connectivity index (χ4v) is 2.84. The van der Waals surface area contributed by atoms with E-state index < -0.39 is 0 Å². The molecule has 0 bridgehead atoms. The summed E-state index contributed by atoms with van der Waals surface area (Å²) in [6.45, 7) is 6.30. The maximum Gasteiger partial charge on any atom is 0.0499 e. The van der Waals surface area contributed by atoms with Gasteiger partial charge >= 0.3 is 0 Å². The van der Waals surface area contributed by atoms with Gasteiger partial charge in [0.2, 0.25) is 0 Å². The van der Waals surface area contributed by atoms with E-state index in [4.69, 9.17) is 4.74 Å². The van der Waals surface area contributed by atoms with Crippen LogP contribution in [-0.2, 0) is 4.74 Å². The van der Waals surface area contributed by atoms with Gasteiger partial charge in [-0.25, -0.2) is 0 Å². The summed E-state index contributed by atoms with van der Waals surface area (Å²) in [5.41, 5.74) is 0. The van der Waals surface area contributed by atoms with Gasteiger partial charge in [0.05, 0.1) is 0 Å². The lowest BCUT2D eigenvalue weighted by atomic mass is 10.0. The molecule has 0 aromatic heterocycles. The van der Waals surface area contributed by atoms with Crippen LogP contribution in [0.1, 0.15) is 104 Å². The minimum Gasteiger partial charge on any atom is -0.381 e. The van der Waals surface area contributed by atoms with E-state index in [9.17, 15) is 0 Å². The Bertz CT molecular complexity index is 196. The average molecular weight is 331 g/mol. The minimum absolute atomic E-state index is 0.593. The molecule has 2 heteroatoms. The molecule has 0 saturated carbocycles. The third kappa shape index (κ3) is 18.4. The largest absolute Gasteiger partial charge is 0.381 e. The highest BCUT2D eigenvalue weighted by Gasteiger charge is 1.98. The molecule has 0 aliphatic rings. The Labute approximate surface area is 146 Å². The van der Waals surface area contributed by atoms with E-state index in [0.29, 0.717) is 5.92 Å². The number of ether oxygens (including phenoxy) is 1. The van der Waals surface area contributed by atoms with Crippen LogP contribution in [-0.4, -0.2) is 19.0 Å². The molecule has 1 unspecified atom stereocenters. The summed E-state index contributed by atoms with van der Waals surface area (Å²) in [4.78, 5) is 0. The van der Waals surface area contributed by atoms with Crippen molar-refractivity contribution < 1.29 is 4.74 Å². The van der Waals surface area contributed by atoms with Crippen molar-refractivity contribution in [2.24, 2.45) is 5.92 Å². The maximum atomic E-state index is 5.64. The van der Waals surface area contributed by atoms with Crippen molar-refractivity contribution in [1.29, 1.82) is 0 Å². The van der Waals surface area contributed by atoms with Crippen molar-refractivity contribution in [1.82, 2.24) is 0 Å². The number of hydrogen-bond acceptors (Lipinski definition) is 2. The Hall–Kier alpha value is 0.310. The second-order valence-corrected chi connectivity index (χ2v) is 7.32. The smallest absolute Gasteiger partial charge is 0.0499 e. The Balaban J connectivity index is 2.97. The van der Waals surface area contributed by atoms with Gasteiger partial charge in [-0.05, 0) is 18.1 Å². The zero-order valence-corrected chi connectivity index (χ0v) is 16.3. The zero-order valence-electron chi connectivity index (χ0n) is 15.5. The molecule has 0 aliphatic carbocycles. The second-order valence-electron chi connectivity index (χ2n) is 6.96. The molecule has 0 spiro atoms. The zero-order chi connectivity index (χ0) is 16.3. The fraction of sp³-hybridized carbons (Fsp3) is 1.00. The molecule has 134 valence electrons. The molecule has 0 aromatic carbocycles. The molecule has 1 atom stereocenters. The number of unbranched alkanes of at least 4 members (excludes halogenated alkanes) is 13. The van der Waals surface area contributed by atoms with E-state index in [-0.39, 0.29) is 0 Å². The van der Waals surface area contributed by atoms with Crippen molar-refractivity contribution in [3.63, 3.8) is 0 Å². The standard InChI is InChI=1S/C20H42OS/c1-3-4-5-6-7-8-9-10-11-12-13-14-15-16-17-21-18-20(2)19-22/h20,22H,3-19H2,1-2H3. The number of hydrogen-bond donors (Lipinski definition) is 1.